The molecule has 1 aromatic carbocycles. The van der Waals surface area contributed by atoms with Crippen molar-refractivity contribution in [3.05, 3.63) is 30.3 Å². The molecule has 1 N–H and O–H groups in total. The van der Waals surface area contributed by atoms with Crippen LogP contribution in [0.1, 0.15) is 20.8 Å². The molecule has 0 aliphatic rings. The van der Waals surface area contributed by atoms with E-state index in [0.717, 1.165) is 18.9 Å². The molecule has 0 amide bonds. The SMILES string of the molecule is CCNC(COc1ccccc1)C(C)C. The lowest BCUT2D eigenvalue weighted by atomic mass is 10.1. The molecule has 1 unspecified atom stereocenters. The zero-order valence-corrected chi connectivity index (χ0v) is 9.86. The average molecular weight is 207 g/mol. The van der Waals surface area contributed by atoms with E-state index in [0.29, 0.717) is 12.0 Å². The molecule has 84 valence electrons. The van der Waals surface area contributed by atoms with Crippen LogP contribution in [0, 0.1) is 5.92 Å². The summed E-state index contributed by atoms with van der Waals surface area (Å²) in [5, 5.41) is 3.43. The van der Waals surface area contributed by atoms with Gasteiger partial charge in [0.05, 0.1) is 0 Å². The van der Waals surface area contributed by atoms with Crippen LogP contribution in [0.4, 0.5) is 0 Å². The Hall–Kier alpha value is -1.02. The summed E-state index contributed by atoms with van der Waals surface area (Å²) >= 11 is 0. The minimum atomic E-state index is 0.426. The van der Waals surface area contributed by atoms with Gasteiger partial charge in [-0.1, -0.05) is 39.0 Å². The molecule has 1 aromatic rings. The van der Waals surface area contributed by atoms with Gasteiger partial charge in [-0.25, -0.2) is 0 Å². The number of ether oxygens (including phenoxy) is 1. The largest absolute Gasteiger partial charge is 0.492 e. The van der Waals surface area contributed by atoms with Crippen LogP contribution in [-0.4, -0.2) is 19.2 Å². The Bertz CT molecular complexity index is 258. The molecular formula is C13H21NO. The Morgan fingerprint density at radius 1 is 1.20 bits per heavy atom. The van der Waals surface area contributed by atoms with Crippen LogP contribution in [0.2, 0.25) is 0 Å². The van der Waals surface area contributed by atoms with E-state index < -0.39 is 0 Å². The molecule has 0 aliphatic heterocycles. The van der Waals surface area contributed by atoms with Gasteiger partial charge in [0, 0.05) is 6.04 Å². The second kappa shape index (κ2) is 6.46. The molecule has 1 atom stereocenters. The standard InChI is InChI=1S/C13H21NO/c1-4-14-13(11(2)3)10-15-12-8-6-5-7-9-12/h5-9,11,13-14H,4,10H2,1-3H3. The van der Waals surface area contributed by atoms with E-state index in [1.54, 1.807) is 0 Å². The predicted molar refractivity (Wildman–Crippen MR) is 64.2 cm³/mol. The molecule has 0 bridgehead atoms. The Balaban J connectivity index is 2.40. The third-order valence-corrected chi connectivity index (χ3v) is 2.44. The van der Waals surface area contributed by atoms with E-state index in [1.807, 2.05) is 30.3 Å². The molecule has 0 spiro atoms. The van der Waals surface area contributed by atoms with E-state index in [4.69, 9.17) is 4.74 Å². The van der Waals surface area contributed by atoms with Crippen LogP contribution >= 0.6 is 0 Å². The number of hydrogen-bond acceptors (Lipinski definition) is 2. The number of likely N-dealkylation sites (N-methyl/N-ethyl adjacent to an activating group) is 1. The molecule has 2 nitrogen and oxygen atoms in total. The van der Waals surface area contributed by atoms with Crippen molar-refractivity contribution in [1.82, 2.24) is 5.32 Å². The molecule has 0 radical (unpaired) electrons. The maximum Gasteiger partial charge on any atom is 0.119 e. The Morgan fingerprint density at radius 3 is 2.40 bits per heavy atom. The highest BCUT2D eigenvalue weighted by atomic mass is 16.5. The van der Waals surface area contributed by atoms with E-state index in [1.165, 1.54) is 0 Å². The highest BCUT2D eigenvalue weighted by Gasteiger charge is 2.12. The third kappa shape index (κ3) is 4.34. The lowest BCUT2D eigenvalue weighted by molar-refractivity contribution is 0.232. The van der Waals surface area contributed by atoms with Crippen LogP contribution < -0.4 is 10.1 Å². The second-order valence-electron chi connectivity index (χ2n) is 4.03. The van der Waals surface area contributed by atoms with E-state index >= 15 is 0 Å². The lowest BCUT2D eigenvalue weighted by Gasteiger charge is -2.21. The summed E-state index contributed by atoms with van der Waals surface area (Å²) < 4.78 is 5.72. The van der Waals surface area contributed by atoms with Crippen LogP contribution in [-0.2, 0) is 0 Å². The van der Waals surface area contributed by atoms with Crippen LogP contribution in [0.25, 0.3) is 0 Å². The average Bonchev–Trinajstić information content (AvgIpc) is 2.25. The molecule has 0 aromatic heterocycles. The van der Waals surface area contributed by atoms with E-state index in [2.05, 4.69) is 26.1 Å². The number of hydrogen-bond donors (Lipinski definition) is 1. The van der Waals surface area contributed by atoms with E-state index in [9.17, 15) is 0 Å². The van der Waals surface area contributed by atoms with Crippen LogP contribution in [0.5, 0.6) is 5.75 Å². The van der Waals surface area contributed by atoms with Crippen molar-refractivity contribution in [2.24, 2.45) is 5.92 Å². The number of rotatable bonds is 6. The minimum absolute atomic E-state index is 0.426. The van der Waals surface area contributed by atoms with Crippen molar-refractivity contribution in [2.45, 2.75) is 26.8 Å². The Morgan fingerprint density at radius 2 is 1.87 bits per heavy atom. The van der Waals surface area contributed by atoms with Gasteiger partial charge >= 0.3 is 0 Å². The molecule has 0 aliphatic carbocycles. The summed E-state index contributed by atoms with van der Waals surface area (Å²) in [6, 6.07) is 10.4. The zero-order chi connectivity index (χ0) is 11.1. The first kappa shape index (κ1) is 12.1. The quantitative estimate of drug-likeness (QED) is 0.774. The first-order chi connectivity index (χ1) is 7.24. The molecular weight excluding hydrogens is 186 g/mol. The molecule has 0 fully saturated rings. The summed E-state index contributed by atoms with van der Waals surface area (Å²) in [4.78, 5) is 0. The van der Waals surface area contributed by atoms with Crippen molar-refractivity contribution < 1.29 is 4.74 Å². The Kier molecular flexibility index (Phi) is 5.19. The lowest BCUT2D eigenvalue weighted by Crippen LogP contribution is -2.38. The van der Waals surface area contributed by atoms with Gasteiger partial charge < -0.3 is 10.1 Å². The summed E-state index contributed by atoms with van der Waals surface area (Å²) in [6.45, 7) is 8.26. The molecule has 1 rings (SSSR count). The molecule has 0 heterocycles. The van der Waals surface area contributed by atoms with Gasteiger partial charge in [0.15, 0.2) is 0 Å². The minimum Gasteiger partial charge on any atom is -0.492 e. The number of para-hydroxylation sites is 1. The number of benzene rings is 1. The normalized spacial score (nSPS) is 12.8. The smallest absolute Gasteiger partial charge is 0.119 e. The van der Waals surface area contributed by atoms with Gasteiger partial charge in [-0.05, 0) is 24.6 Å². The predicted octanol–water partition coefficient (Wildman–Crippen LogP) is 2.70. The summed E-state index contributed by atoms with van der Waals surface area (Å²) in [6.07, 6.45) is 0. The number of nitrogens with one attached hydrogen (secondary N) is 1. The first-order valence-corrected chi connectivity index (χ1v) is 5.65. The molecule has 15 heavy (non-hydrogen) atoms. The van der Waals surface area contributed by atoms with Crippen molar-refractivity contribution in [3.8, 4) is 5.75 Å². The Labute approximate surface area is 92.6 Å². The van der Waals surface area contributed by atoms with Gasteiger partial charge in [0.25, 0.3) is 0 Å². The van der Waals surface area contributed by atoms with Crippen molar-refractivity contribution in [3.63, 3.8) is 0 Å². The fourth-order valence-corrected chi connectivity index (χ4v) is 1.45. The highest BCUT2D eigenvalue weighted by molar-refractivity contribution is 5.20. The zero-order valence-electron chi connectivity index (χ0n) is 9.86. The van der Waals surface area contributed by atoms with E-state index in [-0.39, 0.29) is 0 Å². The highest BCUT2D eigenvalue weighted by Crippen LogP contribution is 2.10. The van der Waals surface area contributed by atoms with Gasteiger partial charge in [0.2, 0.25) is 0 Å². The molecule has 0 saturated carbocycles. The maximum absolute atomic E-state index is 5.72. The second-order valence-corrected chi connectivity index (χ2v) is 4.03. The van der Waals surface area contributed by atoms with Crippen molar-refractivity contribution >= 4 is 0 Å². The summed E-state index contributed by atoms with van der Waals surface area (Å²) in [7, 11) is 0. The van der Waals surface area contributed by atoms with Crippen molar-refractivity contribution in [1.29, 1.82) is 0 Å². The van der Waals surface area contributed by atoms with Gasteiger partial charge in [0.1, 0.15) is 12.4 Å². The topological polar surface area (TPSA) is 21.3 Å². The van der Waals surface area contributed by atoms with Gasteiger partial charge in [-0.3, -0.25) is 0 Å². The maximum atomic E-state index is 5.72. The van der Waals surface area contributed by atoms with Crippen molar-refractivity contribution in [2.75, 3.05) is 13.2 Å². The van der Waals surface area contributed by atoms with Crippen LogP contribution in [0.15, 0.2) is 30.3 Å². The molecule has 0 saturated heterocycles. The summed E-state index contributed by atoms with van der Waals surface area (Å²) in [5.41, 5.74) is 0. The van der Waals surface area contributed by atoms with Crippen LogP contribution in [0.3, 0.4) is 0 Å². The van der Waals surface area contributed by atoms with Gasteiger partial charge in [-0.2, -0.15) is 0 Å². The fourth-order valence-electron chi connectivity index (χ4n) is 1.45. The molecule has 2 heteroatoms. The fraction of sp³-hybridized carbons (Fsp3) is 0.538. The summed E-state index contributed by atoms with van der Waals surface area (Å²) in [5.74, 6) is 1.54. The monoisotopic (exact) mass is 207 g/mol. The van der Waals surface area contributed by atoms with Gasteiger partial charge in [-0.15, -0.1) is 0 Å². The first-order valence-electron chi connectivity index (χ1n) is 5.65. The third-order valence-electron chi connectivity index (χ3n) is 2.44.